The van der Waals surface area contributed by atoms with Gasteiger partial charge in [0.2, 0.25) is 0 Å². The molecule has 2 atom stereocenters. The Bertz CT molecular complexity index is 650. The summed E-state index contributed by atoms with van der Waals surface area (Å²) in [4.78, 5) is 12.7. The molecule has 0 bridgehead atoms. The standard InChI is InChI=1S/C15H22N4O2/c1-14(2)11(7-20-5)21-13(15(14,3)4)19-9-18-10-6-16-8-17-12(10)19/h6,8-9,11,13H,7H2,1-5H3/t11-,13?/m1/s1. The summed E-state index contributed by atoms with van der Waals surface area (Å²) in [5, 5.41) is 0. The van der Waals surface area contributed by atoms with Crippen molar-refractivity contribution in [2.75, 3.05) is 13.7 Å². The number of fused-ring (bicyclic) bond motifs is 1. The molecule has 1 aliphatic rings. The first-order valence-electron chi connectivity index (χ1n) is 7.16. The van der Waals surface area contributed by atoms with Gasteiger partial charge in [-0.25, -0.2) is 15.0 Å². The Kier molecular flexibility index (Phi) is 3.26. The van der Waals surface area contributed by atoms with Crippen LogP contribution in [0.5, 0.6) is 0 Å². The lowest BCUT2D eigenvalue weighted by molar-refractivity contribution is -0.0557. The zero-order chi connectivity index (χ0) is 15.3. The summed E-state index contributed by atoms with van der Waals surface area (Å²) < 4.78 is 13.7. The van der Waals surface area contributed by atoms with Crippen molar-refractivity contribution in [2.24, 2.45) is 10.8 Å². The third kappa shape index (κ3) is 1.97. The number of hydrogen-bond donors (Lipinski definition) is 0. The Morgan fingerprint density at radius 3 is 2.71 bits per heavy atom. The van der Waals surface area contributed by atoms with Gasteiger partial charge < -0.3 is 9.47 Å². The van der Waals surface area contributed by atoms with Crippen molar-refractivity contribution in [3.8, 4) is 0 Å². The monoisotopic (exact) mass is 290 g/mol. The van der Waals surface area contributed by atoms with E-state index in [-0.39, 0.29) is 23.2 Å². The molecule has 6 nitrogen and oxygen atoms in total. The highest BCUT2D eigenvalue weighted by Gasteiger charge is 2.57. The van der Waals surface area contributed by atoms with Gasteiger partial charge in [-0.2, -0.15) is 0 Å². The van der Waals surface area contributed by atoms with E-state index in [2.05, 4.69) is 42.6 Å². The van der Waals surface area contributed by atoms with Gasteiger partial charge in [0, 0.05) is 17.9 Å². The van der Waals surface area contributed by atoms with E-state index in [1.807, 2.05) is 4.57 Å². The first kappa shape index (κ1) is 14.4. The molecule has 6 heteroatoms. The fourth-order valence-electron chi connectivity index (χ4n) is 3.00. The Balaban J connectivity index is 2.06. The molecule has 3 rings (SSSR count). The zero-order valence-electron chi connectivity index (χ0n) is 13.2. The second-order valence-electron chi connectivity index (χ2n) is 6.76. The summed E-state index contributed by atoms with van der Waals surface area (Å²) in [5.41, 5.74) is 1.47. The quantitative estimate of drug-likeness (QED) is 0.868. The first-order chi connectivity index (χ1) is 9.89. The number of imidazole rings is 1. The van der Waals surface area contributed by atoms with E-state index in [0.29, 0.717) is 6.61 Å². The molecule has 114 valence electrons. The maximum Gasteiger partial charge on any atom is 0.165 e. The van der Waals surface area contributed by atoms with Crippen molar-refractivity contribution in [3.05, 3.63) is 18.9 Å². The molecule has 21 heavy (non-hydrogen) atoms. The van der Waals surface area contributed by atoms with Crippen molar-refractivity contribution >= 4 is 11.2 Å². The van der Waals surface area contributed by atoms with Crippen molar-refractivity contribution in [1.82, 2.24) is 19.5 Å². The Morgan fingerprint density at radius 1 is 1.24 bits per heavy atom. The lowest BCUT2D eigenvalue weighted by atomic mass is 9.66. The molecule has 0 radical (unpaired) electrons. The van der Waals surface area contributed by atoms with E-state index < -0.39 is 0 Å². The predicted octanol–water partition coefficient (Wildman–Crippen LogP) is 2.42. The molecule has 1 saturated heterocycles. The molecule has 1 fully saturated rings. The van der Waals surface area contributed by atoms with Crippen molar-refractivity contribution in [1.29, 1.82) is 0 Å². The zero-order valence-corrected chi connectivity index (χ0v) is 13.2. The van der Waals surface area contributed by atoms with Crippen molar-refractivity contribution in [3.63, 3.8) is 0 Å². The molecule has 0 aliphatic carbocycles. The van der Waals surface area contributed by atoms with E-state index in [1.165, 1.54) is 0 Å². The van der Waals surface area contributed by atoms with Gasteiger partial charge in [0.1, 0.15) is 18.1 Å². The Labute approximate surface area is 124 Å². The molecular formula is C15H22N4O2. The number of aromatic nitrogens is 4. The van der Waals surface area contributed by atoms with Gasteiger partial charge in [-0.3, -0.25) is 4.57 Å². The van der Waals surface area contributed by atoms with Crippen molar-refractivity contribution < 1.29 is 9.47 Å². The van der Waals surface area contributed by atoms with Gasteiger partial charge in [0.25, 0.3) is 0 Å². The van der Waals surface area contributed by atoms with Crippen LogP contribution >= 0.6 is 0 Å². The molecule has 2 aromatic rings. The van der Waals surface area contributed by atoms with Crippen LogP contribution < -0.4 is 0 Å². The topological polar surface area (TPSA) is 62.1 Å². The van der Waals surface area contributed by atoms with Gasteiger partial charge in [-0.15, -0.1) is 0 Å². The number of rotatable bonds is 3. The number of ether oxygens (including phenoxy) is 2. The lowest BCUT2D eigenvalue weighted by Gasteiger charge is -2.38. The van der Waals surface area contributed by atoms with Crippen LogP contribution in [0, 0.1) is 10.8 Å². The first-order valence-corrected chi connectivity index (χ1v) is 7.16. The third-order valence-electron chi connectivity index (χ3n) is 5.19. The molecule has 1 aliphatic heterocycles. The minimum atomic E-state index is -0.132. The summed E-state index contributed by atoms with van der Waals surface area (Å²) in [6.45, 7) is 9.48. The molecule has 0 amide bonds. The van der Waals surface area contributed by atoms with Crippen LogP contribution in [-0.4, -0.2) is 39.3 Å². The third-order valence-corrected chi connectivity index (χ3v) is 5.19. The summed E-state index contributed by atoms with van der Waals surface area (Å²) in [5.74, 6) is 0. The van der Waals surface area contributed by atoms with Crippen LogP contribution in [0.1, 0.15) is 33.9 Å². The van der Waals surface area contributed by atoms with Crippen LogP contribution in [-0.2, 0) is 9.47 Å². The molecule has 0 N–H and O–H groups in total. The highest BCUT2D eigenvalue weighted by molar-refractivity contribution is 5.69. The molecule has 3 heterocycles. The predicted molar refractivity (Wildman–Crippen MR) is 78.7 cm³/mol. The maximum atomic E-state index is 6.32. The summed E-state index contributed by atoms with van der Waals surface area (Å²) >= 11 is 0. The summed E-state index contributed by atoms with van der Waals surface area (Å²) in [6, 6.07) is 0. The highest BCUT2D eigenvalue weighted by atomic mass is 16.6. The van der Waals surface area contributed by atoms with Gasteiger partial charge in [0.15, 0.2) is 5.65 Å². The molecule has 2 aromatic heterocycles. The van der Waals surface area contributed by atoms with Crippen LogP contribution in [0.25, 0.3) is 11.2 Å². The van der Waals surface area contributed by atoms with Crippen LogP contribution in [0.3, 0.4) is 0 Å². The second kappa shape index (κ2) is 4.74. The molecule has 0 saturated carbocycles. The molecule has 0 spiro atoms. The summed E-state index contributed by atoms with van der Waals surface area (Å²) in [6.07, 6.45) is 4.95. The highest BCUT2D eigenvalue weighted by Crippen LogP contribution is 2.57. The minimum Gasteiger partial charge on any atom is -0.382 e. The fourth-order valence-corrected chi connectivity index (χ4v) is 3.00. The van der Waals surface area contributed by atoms with E-state index in [9.17, 15) is 0 Å². The Morgan fingerprint density at radius 2 is 2.00 bits per heavy atom. The molecule has 1 unspecified atom stereocenters. The van der Waals surface area contributed by atoms with E-state index in [1.54, 1.807) is 26.0 Å². The minimum absolute atomic E-state index is 0.0294. The largest absolute Gasteiger partial charge is 0.382 e. The number of methoxy groups -OCH3 is 1. The van der Waals surface area contributed by atoms with Crippen LogP contribution in [0.4, 0.5) is 0 Å². The number of hydrogen-bond acceptors (Lipinski definition) is 5. The fraction of sp³-hybridized carbons (Fsp3) is 0.667. The van der Waals surface area contributed by atoms with Gasteiger partial charge in [-0.05, 0) is 0 Å². The van der Waals surface area contributed by atoms with Crippen LogP contribution in [0.15, 0.2) is 18.9 Å². The SMILES string of the molecule is COC[C@H]1OC(n2cnc3cncnc32)C(C)(C)C1(C)C. The van der Waals surface area contributed by atoms with E-state index >= 15 is 0 Å². The van der Waals surface area contributed by atoms with E-state index in [0.717, 1.165) is 11.2 Å². The smallest absolute Gasteiger partial charge is 0.165 e. The Hall–Kier alpha value is -1.53. The van der Waals surface area contributed by atoms with Gasteiger partial charge >= 0.3 is 0 Å². The average molecular weight is 290 g/mol. The molecular weight excluding hydrogens is 268 g/mol. The maximum absolute atomic E-state index is 6.32. The van der Waals surface area contributed by atoms with Gasteiger partial charge in [-0.1, -0.05) is 27.7 Å². The number of nitrogens with zero attached hydrogens (tertiary/aromatic N) is 4. The van der Waals surface area contributed by atoms with Crippen LogP contribution in [0.2, 0.25) is 0 Å². The lowest BCUT2D eigenvalue weighted by Crippen LogP contribution is -2.39. The normalized spacial score (nSPS) is 27.3. The van der Waals surface area contributed by atoms with E-state index in [4.69, 9.17) is 9.47 Å². The average Bonchev–Trinajstić information content (AvgIpc) is 2.92. The van der Waals surface area contributed by atoms with Gasteiger partial charge in [0.05, 0.1) is 25.2 Å². The summed E-state index contributed by atoms with van der Waals surface area (Å²) in [7, 11) is 1.71. The second-order valence-corrected chi connectivity index (χ2v) is 6.76. The molecule has 0 aromatic carbocycles. The van der Waals surface area contributed by atoms with Crippen molar-refractivity contribution in [2.45, 2.75) is 40.0 Å².